The minimum atomic E-state index is 0.305. The molecule has 0 bridgehead atoms. The zero-order valence-corrected chi connectivity index (χ0v) is 12.9. The molecule has 0 amide bonds. The molecule has 1 aromatic heterocycles. The lowest BCUT2D eigenvalue weighted by Crippen LogP contribution is -2.18. The maximum absolute atomic E-state index is 6.02. The van der Waals surface area contributed by atoms with Gasteiger partial charge >= 0.3 is 0 Å². The molecule has 3 nitrogen and oxygen atoms in total. The van der Waals surface area contributed by atoms with Crippen molar-refractivity contribution >= 4 is 29.0 Å². The van der Waals surface area contributed by atoms with E-state index in [0.717, 1.165) is 23.7 Å². The van der Waals surface area contributed by atoms with Crippen LogP contribution in [0.25, 0.3) is 0 Å². The van der Waals surface area contributed by atoms with Crippen molar-refractivity contribution in [1.82, 2.24) is 4.98 Å². The first-order valence-electron chi connectivity index (χ1n) is 6.19. The highest BCUT2D eigenvalue weighted by Gasteiger charge is 2.08. The molecule has 0 radical (unpaired) electrons. The van der Waals surface area contributed by atoms with Crippen LogP contribution in [0.3, 0.4) is 0 Å². The maximum atomic E-state index is 6.02. The SMILES string of the molecule is COc1cccc(CN(C)c2ccc(Cl)c(CCl)n2)c1. The Labute approximate surface area is 129 Å². The maximum Gasteiger partial charge on any atom is 0.129 e. The fraction of sp³-hybridized carbons (Fsp3) is 0.267. The molecule has 0 saturated heterocycles. The van der Waals surface area contributed by atoms with Crippen molar-refractivity contribution in [3.63, 3.8) is 0 Å². The van der Waals surface area contributed by atoms with Crippen molar-refractivity contribution < 1.29 is 4.74 Å². The first-order chi connectivity index (χ1) is 9.63. The molecule has 1 heterocycles. The number of halogens is 2. The Kier molecular flexibility index (Phi) is 5.10. The molecule has 0 atom stereocenters. The molecule has 1 aromatic carbocycles. The second-order valence-electron chi connectivity index (χ2n) is 4.44. The van der Waals surface area contributed by atoms with Gasteiger partial charge < -0.3 is 9.64 Å². The zero-order valence-electron chi connectivity index (χ0n) is 11.4. The molecule has 0 spiro atoms. The Morgan fingerprint density at radius 2 is 2.05 bits per heavy atom. The van der Waals surface area contributed by atoms with Crippen LogP contribution in [-0.2, 0) is 12.4 Å². The number of ether oxygens (including phenoxy) is 1. The first kappa shape index (κ1) is 14.9. The third kappa shape index (κ3) is 3.56. The van der Waals surface area contributed by atoms with Crippen LogP contribution in [0.4, 0.5) is 5.82 Å². The Morgan fingerprint density at radius 1 is 1.25 bits per heavy atom. The molecule has 0 fully saturated rings. The van der Waals surface area contributed by atoms with E-state index in [1.165, 1.54) is 0 Å². The predicted octanol–water partition coefficient (Wildman–Crippen LogP) is 4.12. The van der Waals surface area contributed by atoms with Crippen LogP contribution in [0.15, 0.2) is 36.4 Å². The molecular weight excluding hydrogens is 295 g/mol. The van der Waals surface area contributed by atoms with Crippen LogP contribution in [0.1, 0.15) is 11.3 Å². The van der Waals surface area contributed by atoms with Gasteiger partial charge in [-0.25, -0.2) is 4.98 Å². The van der Waals surface area contributed by atoms with Crippen molar-refractivity contribution in [2.45, 2.75) is 12.4 Å². The van der Waals surface area contributed by atoms with E-state index in [9.17, 15) is 0 Å². The number of alkyl halides is 1. The minimum absolute atomic E-state index is 0.305. The summed E-state index contributed by atoms with van der Waals surface area (Å²) in [6.45, 7) is 0.730. The fourth-order valence-electron chi connectivity index (χ4n) is 1.90. The van der Waals surface area contributed by atoms with Gasteiger partial charge in [0.25, 0.3) is 0 Å². The van der Waals surface area contributed by atoms with E-state index < -0.39 is 0 Å². The highest BCUT2D eigenvalue weighted by molar-refractivity contribution is 6.32. The summed E-state index contributed by atoms with van der Waals surface area (Å²) in [4.78, 5) is 6.50. The average molecular weight is 311 g/mol. The van der Waals surface area contributed by atoms with E-state index in [1.807, 2.05) is 42.3 Å². The van der Waals surface area contributed by atoms with Crippen LogP contribution in [-0.4, -0.2) is 19.1 Å². The van der Waals surface area contributed by atoms with E-state index in [-0.39, 0.29) is 0 Å². The molecular formula is C15H16Cl2N2O. The van der Waals surface area contributed by atoms with Gasteiger partial charge in [0, 0.05) is 13.6 Å². The molecule has 0 aliphatic heterocycles. The Balaban J connectivity index is 2.16. The second-order valence-corrected chi connectivity index (χ2v) is 5.11. The summed E-state index contributed by atoms with van der Waals surface area (Å²) in [6, 6.07) is 11.7. The van der Waals surface area contributed by atoms with Crippen molar-refractivity contribution in [3.8, 4) is 5.75 Å². The van der Waals surface area contributed by atoms with Gasteiger partial charge in [0.2, 0.25) is 0 Å². The summed E-state index contributed by atoms with van der Waals surface area (Å²) in [5, 5.41) is 0.596. The monoisotopic (exact) mass is 310 g/mol. The van der Waals surface area contributed by atoms with Crippen LogP contribution >= 0.6 is 23.2 Å². The number of hydrogen-bond acceptors (Lipinski definition) is 3. The molecule has 0 N–H and O–H groups in total. The lowest BCUT2D eigenvalue weighted by Gasteiger charge is -2.19. The first-order valence-corrected chi connectivity index (χ1v) is 7.10. The van der Waals surface area contributed by atoms with Gasteiger partial charge in [-0.2, -0.15) is 0 Å². The molecule has 106 valence electrons. The Morgan fingerprint density at radius 3 is 2.75 bits per heavy atom. The zero-order chi connectivity index (χ0) is 14.5. The summed E-state index contributed by atoms with van der Waals surface area (Å²) < 4.78 is 5.23. The van der Waals surface area contributed by atoms with Crippen molar-refractivity contribution in [3.05, 3.63) is 52.7 Å². The smallest absolute Gasteiger partial charge is 0.129 e. The van der Waals surface area contributed by atoms with E-state index in [4.69, 9.17) is 27.9 Å². The minimum Gasteiger partial charge on any atom is -0.497 e. The van der Waals surface area contributed by atoms with Gasteiger partial charge in [0.1, 0.15) is 11.6 Å². The average Bonchev–Trinajstić information content (AvgIpc) is 2.47. The number of methoxy groups -OCH3 is 1. The van der Waals surface area contributed by atoms with Gasteiger partial charge in [-0.15, -0.1) is 11.6 Å². The largest absolute Gasteiger partial charge is 0.497 e. The van der Waals surface area contributed by atoms with Crippen LogP contribution in [0.2, 0.25) is 5.02 Å². The van der Waals surface area contributed by atoms with Crippen LogP contribution in [0, 0.1) is 0 Å². The van der Waals surface area contributed by atoms with Gasteiger partial charge in [-0.05, 0) is 29.8 Å². The van der Waals surface area contributed by atoms with E-state index >= 15 is 0 Å². The number of hydrogen-bond donors (Lipinski definition) is 0. The number of anilines is 1. The third-order valence-electron chi connectivity index (χ3n) is 2.98. The summed E-state index contributed by atoms with van der Waals surface area (Å²) in [7, 11) is 3.64. The fourth-order valence-corrected chi connectivity index (χ4v) is 2.35. The standard InChI is InChI=1S/C15H16Cl2N2O/c1-19(10-11-4-3-5-12(8-11)20-2)15-7-6-13(17)14(9-16)18-15/h3-8H,9-10H2,1-2H3. The topological polar surface area (TPSA) is 25.4 Å². The Bertz CT molecular complexity index is 590. The molecule has 2 rings (SSSR count). The van der Waals surface area contributed by atoms with Crippen LogP contribution < -0.4 is 9.64 Å². The van der Waals surface area contributed by atoms with Gasteiger partial charge in [0.15, 0.2) is 0 Å². The number of rotatable bonds is 5. The summed E-state index contributed by atoms with van der Waals surface area (Å²) in [6.07, 6.45) is 0. The Hall–Kier alpha value is -1.45. The van der Waals surface area contributed by atoms with E-state index in [2.05, 4.69) is 11.1 Å². The molecule has 2 aromatic rings. The predicted molar refractivity (Wildman–Crippen MR) is 83.9 cm³/mol. The van der Waals surface area contributed by atoms with Crippen molar-refractivity contribution in [1.29, 1.82) is 0 Å². The molecule has 20 heavy (non-hydrogen) atoms. The molecule has 0 saturated carbocycles. The van der Waals surface area contributed by atoms with E-state index in [0.29, 0.717) is 16.6 Å². The molecule has 0 unspecified atom stereocenters. The number of nitrogens with zero attached hydrogens (tertiary/aromatic N) is 2. The van der Waals surface area contributed by atoms with Crippen LogP contribution in [0.5, 0.6) is 5.75 Å². The summed E-state index contributed by atoms with van der Waals surface area (Å²) in [5.41, 5.74) is 1.85. The summed E-state index contributed by atoms with van der Waals surface area (Å²) >= 11 is 11.8. The number of benzene rings is 1. The molecule has 0 aliphatic rings. The summed E-state index contributed by atoms with van der Waals surface area (Å²) in [5.74, 6) is 1.99. The number of aromatic nitrogens is 1. The second kappa shape index (κ2) is 6.82. The molecule has 0 aliphatic carbocycles. The normalized spacial score (nSPS) is 10.4. The van der Waals surface area contributed by atoms with Gasteiger partial charge in [-0.3, -0.25) is 0 Å². The van der Waals surface area contributed by atoms with Crippen molar-refractivity contribution in [2.75, 3.05) is 19.1 Å². The van der Waals surface area contributed by atoms with E-state index in [1.54, 1.807) is 7.11 Å². The van der Waals surface area contributed by atoms with Gasteiger partial charge in [-0.1, -0.05) is 23.7 Å². The third-order valence-corrected chi connectivity index (χ3v) is 3.57. The van der Waals surface area contributed by atoms with Crippen molar-refractivity contribution in [2.24, 2.45) is 0 Å². The highest BCUT2D eigenvalue weighted by Crippen LogP contribution is 2.22. The number of pyridine rings is 1. The highest BCUT2D eigenvalue weighted by atomic mass is 35.5. The lowest BCUT2D eigenvalue weighted by atomic mass is 10.2. The molecule has 5 heteroatoms. The van der Waals surface area contributed by atoms with Gasteiger partial charge in [0.05, 0.1) is 23.7 Å². The quantitative estimate of drug-likeness (QED) is 0.777. The lowest BCUT2D eigenvalue weighted by molar-refractivity contribution is 0.414.